The van der Waals surface area contributed by atoms with Crippen molar-refractivity contribution in [2.45, 2.75) is 20.3 Å². The van der Waals surface area contributed by atoms with Gasteiger partial charge in [-0.2, -0.15) is 0 Å². The lowest BCUT2D eigenvalue weighted by atomic mass is 9.84. The Bertz CT molecular complexity index is 661. The van der Waals surface area contributed by atoms with Gasteiger partial charge in [0.2, 0.25) is 0 Å². The van der Waals surface area contributed by atoms with Gasteiger partial charge in [-0.25, -0.2) is 14.6 Å². The second-order valence-corrected chi connectivity index (χ2v) is 5.65. The van der Waals surface area contributed by atoms with Crippen LogP contribution in [0.3, 0.4) is 0 Å². The minimum atomic E-state index is -1.82. The molecule has 0 fully saturated rings. The standard InChI is InChI=1S/C15H20N2O2.C2H2O4/c1-10-6-11(2)13-8-12(9-16-4-3-5-18)15(19)17-14(13)7-10;3-1(4)2(5)6/h6-8,13,16,18H,3-5,9H2,1-2H3;(H,3,4)(H,5,6). The quantitative estimate of drug-likeness (QED) is 0.420. The van der Waals surface area contributed by atoms with E-state index in [2.05, 4.69) is 23.3 Å². The first-order chi connectivity index (χ1) is 11.8. The summed E-state index contributed by atoms with van der Waals surface area (Å²) in [6, 6.07) is 0. The van der Waals surface area contributed by atoms with Crippen LogP contribution in [0.5, 0.6) is 0 Å². The number of amides is 1. The Balaban J connectivity index is 0.000000450. The fraction of sp³-hybridized carbons (Fsp3) is 0.412. The van der Waals surface area contributed by atoms with E-state index in [0.29, 0.717) is 25.1 Å². The maximum atomic E-state index is 11.9. The molecule has 25 heavy (non-hydrogen) atoms. The van der Waals surface area contributed by atoms with Gasteiger partial charge in [-0.3, -0.25) is 4.79 Å². The summed E-state index contributed by atoms with van der Waals surface area (Å²) in [6.45, 7) is 5.47. The third-order valence-corrected chi connectivity index (χ3v) is 3.52. The summed E-state index contributed by atoms with van der Waals surface area (Å²) >= 11 is 0. The zero-order valence-electron chi connectivity index (χ0n) is 14.2. The summed E-state index contributed by atoms with van der Waals surface area (Å²) in [7, 11) is 0. The molecule has 0 aromatic carbocycles. The second kappa shape index (κ2) is 9.65. The molecular weight excluding hydrogens is 328 g/mol. The van der Waals surface area contributed by atoms with Gasteiger partial charge < -0.3 is 20.6 Å². The highest BCUT2D eigenvalue weighted by molar-refractivity contribution is 6.27. The van der Waals surface area contributed by atoms with E-state index < -0.39 is 11.9 Å². The van der Waals surface area contributed by atoms with E-state index in [1.165, 1.54) is 5.57 Å². The number of aliphatic hydroxyl groups is 1. The topological polar surface area (TPSA) is 136 Å². The van der Waals surface area contributed by atoms with Gasteiger partial charge in [-0.05, 0) is 38.5 Å². The van der Waals surface area contributed by atoms with Crippen molar-refractivity contribution in [2.75, 3.05) is 19.7 Å². The van der Waals surface area contributed by atoms with E-state index in [0.717, 1.165) is 11.3 Å². The summed E-state index contributed by atoms with van der Waals surface area (Å²) in [5.74, 6) is -3.66. The largest absolute Gasteiger partial charge is 0.473 e. The minimum absolute atomic E-state index is 0.135. The van der Waals surface area contributed by atoms with E-state index in [1.54, 1.807) is 0 Å². The number of nitrogens with one attached hydrogen (secondary N) is 1. The van der Waals surface area contributed by atoms with Crippen molar-refractivity contribution in [2.24, 2.45) is 10.9 Å². The predicted octanol–water partition coefficient (Wildman–Crippen LogP) is 0.544. The van der Waals surface area contributed by atoms with Gasteiger partial charge in [0, 0.05) is 24.6 Å². The van der Waals surface area contributed by atoms with Crippen LogP contribution in [0.1, 0.15) is 20.3 Å². The molecule has 1 amide bonds. The molecule has 2 rings (SSSR count). The zero-order chi connectivity index (χ0) is 19.0. The lowest BCUT2D eigenvalue weighted by molar-refractivity contribution is -0.159. The van der Waals surface area contributed by atoms with Crippen LogP contribution < -0.4 is 5.32 Å². The van der Waals surface area contributed by atoms with E-state index in [4.69, 9.17) is 24.9 Å². The Labute approximate surface area is 145 Å². The molecule has 0 saturated carbocycles. The zero-order valence-corrected chi connectivity index (χ0v) is 14.2. The van der Waals surface area contributed by atoms with Gasteiger partial charge in [0.15, 0.2) is 0 Å². The molecule has 0 saturated heterocycles. The lowest BCUT2D eigenvalue weighted by Gasteiger charge is -2.24. The van der Waals surface area contributed by atoms with E-state index >= 15 is 0 Å². The third kappa shape index (κ3) is 6.44. The number of fused-ring (bicyclic) bond motifs is 1. The van der Waals surface area contributed by atoms with Crippen LogP contribution >= 0.6 is 0 Å². The van der Waals surface area contributed by atoms with Gasteiger partial charge in [-0.1, -0.05) is 17.7 Å². The first-order valence-electron chi connectivity index (χ1n) is 7.74. The van der Waals surface area contributed by atoms with Crippen molar-refractivity contribution < 1.29 is 29.7 Å². The van der Waals surface area contributed by atoms with Crippen molar-refractivity contribution in [1.29, 1.82) is 0 Å². The number of carbonyl (C=O) groups excluding carboxylic acids is 1. The highest BCUT2D eigenvalue weighted by Crippen LogP contribution is 2.27. The number of hydrogen-bond donors (Lipinski definition) is 4. The number of nitrogens with zero attached hydrogens (tertiary/aromatic N) is 1. The molecule has 1 aliphatic carbocycles. The average molecular weight is 350 g/mol. The first-order valence-corrected chi connectivity index (χ1v) is 7.74. The first kappa shape index (κ1) is 20.5. The van der Waals surface area contributed by atoms with Crippen LogP contribution in [-0.2, 0) is 14.4 Å². The van der Waals surface area contributed by atoms with Crippen molar-refractivity contribution in [3.8, 4) is 0 Å². The Morgan fingerprint density at radius 3 is 2.40 bits per heavy atom. The maximum Gasteiger partial charge on any atom is 0.414 e. The normalized spacial score (nSPS) is 18.7. The van der Waals surface area contributed by atoms with Crippen molar-refractivity contribution in [3.05, 3.63) is 34.9 Å². The molecule has 0 bridgehead atoms. The van der Waals surface area contributed by atoms with E-state index in [1.807, 2.05) is 19.1 Å². The highest BCUT2D eigenvalue weighted by Gasteiger charge is 2.25. The Hall–Kier alpha value is -2.58. The van der Waals surface area contributed by atoms with Crippen LogP contribution in [-0.4, -0.2) is 58.6 Å². The molecule has 1 heterocycles. The monoisotopic (exact) mass is 350 g/mol. The number of carboxylic acids is 2. The summed E-state index contributed by atoms with van der Waals surface area (Å²) < 4.78 is 0. The minimum Gasteiger partial charge on any atom is -0.473 e. The number of carbonyl (C=O) groups is 3. The van der Waals surface area contributed by atoms with Gasteiger partial charge in [0.25, 0.3) is 5.91 Å². The maximum absolute atomic E-state index is 11.9. The second-order valence-electron chi connectivity index (χ2n) is 5.65. The molecule has 1 atom stereocenters. The number of aliphatic carboxylic acids is 2. The van der Waals surface area contributed by atoms with Crippen LogP contribution in [0, 0.1) is 5.92 Å². The molecule has 8 heteroatoms. The average Bonchev–Trinajstić information content (AvgIpc) is 2.52. The molecule has 0 aromatic heterocycles. The molecular formula is C17H22N2O6. The summed E-state index contributed by atoms with van der Waals surface area (Å²) in [6.07, 6.45) is 6.81. The number of allylic oxidation sites excluding steroid dienone is 5. The number of carboxylic acid groups (broad SMARTS) is 2. The summed E-state index contributed by atoms with van der Waals surface area (Å²) in [4.78, 5) is 34.3. The van der Waals surface area contributed by atoms with Crippen molar-refractivity contribution >= 4 is 23.6 Å². The number of dihydropyridines is 1. The number of hydrogen-bond acceptors (Lipinski definition) is 5. The number of aliphatic hydroxyl groups excluding tert-OH is 1. The molecule has 1 unspecified atom stereocenters. The number of aliphatic imine (C=N–C) groups is 1. The van der Waals surface area contributed by atoms with Gasteiger partial charge in [0.1, 0.15) is 0 Å². The van der Waals surface area contributed by atoms with Gasteiger partial charge in [0.05, 0.1) is 5.71 Å². The Kier molecular flexibility index (Phi) is 7.90. The van der Waals surface area contributed by atoms with Crippen LogP contribution in [0.4, 0.5) is 0 Å². The molecule has 1 aliphatic heterocycles. The molecule has 4 N–H and O–H groups in total. The number of rotatable bonds is 5. The molecule has 2 aliphatic rings. The molecule has 0 spiro atoms. The van der Waals surface area contributed by atoms with E-state index in [9.17, 15) is 4.79 Å². The summed E-state index contributed by atoms with van der Waals surface area (Å²) in [5, 5.41) is 26.6. The van der Waals surface area contributed by atoms with Crippen molar-refractivity contribution in [1.82, 2.24) is 5.32 Å². The molecule has 0 aromatic rings. The van der Waals surface area contributed by atoms with Gasteiger partial charge >= 0.3 is 11.9 Å². The fourth-order valence-corrected chi connectivity index (χ4v) is 2.39. The van der Waals surface area contributed by atoms with Crippen molar-refractivity contribution in [3.63, 3.8) is 0 Å². The Morgan fingerprint density at radius 1 is 1.20 bits per heavy atom. The SMILES string of the molecule is CC1=CC2=NC(=O)C(CNCCCO)=CC2C(C)=C1.O=C(O)C(=O)O. The third-order valence-electron chi connectivity index (χ3n) is 3.52. The molecule has 0 radical (unpaired) electrons. The molecule has 136 valence electrons. The smallest absolute Gasteiger partial charge is 0.414 e. The van der Waals surface area contributed by atoms with Gasteiger partial charge in [-0.15, -0.1) is 0 Å². The highest BCUT2D eigenvalue weighted by atomic mass is 16.4. The summed E-state index contributed by atoms with van der Waals surface area (Å²) in [5.41, 5.74) is 3.92. The van der Waals surface area contributed by atoms with Crippen LogP contribution in [0.2, 0.25) is 0 Å². The lowest BCUT2D eigenvalue weighted by Crippen LogP contribution is -2.28. The fourth-order valence-electron chi connectivity index (χ4n) is 2.39. The predicted molar refractivity (Wildman–Crippen MR) is 91.4 cm³/mol. The van der Waals surface area contributed by atoms with E-state index in [-0.39, 0.29) is 18.4 Å². The Morgan fingerprint density at radius 2 is 1.84 bits per heavy atom. The molecule has 8 nitrogen and oxygen atoms in total. The van der Waals surface area contributed by atoms with Crippen LogP contribution in [0.15, 0.2) is 39.9 Å². The van der Waals surface area contributed by atoms with Crippen LogP contribution in [0.25, 0.3) is 0 Å².